The molecule has 0 aliphatic carbocycles. The molecule has 0 unspecified atom stereocenters. The Bertz CT molecular complexity index is 625. The first kappa shape index (κ1) is 13.4. The maximum Gasteiger partial charge on any atom is 0.497 e. The van der Waals surface area contributed by atoms with Crippen LogP contribution in [0.4, 0.5) is 0 Å². The van der Waals surface area contributed by atoms with Crippen molar-refractivity contribution in [2.45, 2.75) is 38.9 Å². The fourth-order valence-electron chi connectivity index (χ4n) is 2.06. The van der Waals surface area contributed by atoms with E-state index in [0.717, 1.165) is 20.7 Å². The van der Waals surface area contributed by atoms with Gasteiger partial charge in [0.2, 0.25) is 0 Å². The molecule has 1 fully saturated rings. The summed E-state index contributed by atoms with van der Waals surface area (Å²) in [5.41, 5.74) is 1.15. The molecular weight excluding hydrogens is 280 g/mol. The number of aromatic nitrogens is 1. The van der Waals surface area contributed by atoms with Crippen LogP contribution in [-0.2, 0) is 9.31 Å². The largest absolute Gasteiger partial charge is 0.497 e. The zero-order valence-electron chi connectivity index (χ0n) is 11.4. The zero-order chi connectivity index (χ0) is 13.8. The number of hydrogen-bond acceptors (Lipinski definition) is 4. The summed E-state index contributed by atoms with van der Waals surface area (Å²) in [6.07, 6.45) is 1.71. The van der Waals surface area contributed by atoms with Crippen molar-refractivity contribution in [2.24, 2.45) is 0 Å². The lowest BCUT2D eigenvalue weighted by Crippen LogP contribution is -2.41. The molecule has 100 valence electrons. The molecule has 1 saturated heterocycles. The van der Waals surface area contributed by atoms with Crippen LogP contribution in [0.1, 0.15) is 27.7 Å². The molecule has 0 amide bonds. The Kier molecular flexibility index (Phi) is 2.95. The molecule has 3 heterocycles. The fraction of sp³-hybridized carbons (Fsp3) is 0.462. The highest BCUT2D eigenvalue weighted by atomic mass is 35.5. The molecule has 1 aliphatic heterocycles. The van der Waals surface area contributed by atoms with Crippen LogP contribution in [0.25, 0.3) is 10.2 Å². The molecule has 2 aromatic rings. The molecule has 2 aromatic heterocycles. The molecule has 0 radical (unpaired) electrons. The van der Waals surface area contributed by atoms with Crippen LogP contribution in [0, 0.1) is 0 Å². The Morgan fingerprint density at radius 2 is 1.84 bits per heavy atom. The third kappa shape index (κ3) is 2.00. The molecule has 0 aromatic carbocycles. The average Bonchev–Trinajstić information content (AvgIpc) is 2.80. The van der Waals surface area contributed by atoms with Gasteiger partial charge in [-0.25, -0.2) is 0 Å². The lowest BCUT2D eigenvalue weighted by Gasteiger charge is -2.32. The van der Waals surface area contributed by atoms with Crippen LogP contribution in [0.15, 0.2) is 17.6 Å². The van der Waals surface area contributed by atoms with Crippen molar-refractivity contribution in [3.63, 3.8) is 0 Å². The molecule has 3 rings (SSSR count). The SMILES string of the molecule is CC1(C)OB(c2csc3c(Cl)ccnc23)OC1(C)C. The van der Waals surface area contributed by atoms with Gasteiger partial charge in [0.15, 0.2) is 0 Å². The Morgan fingerprint density at radius 1 is 1.21 bits per heavy atom. The topological polar surface area (TPSA) is 31.4 Å². The molecule has 0 bridgehead atoms. The Morgan fingerprint density at radius 3 is 2.47 bits per heavy atom. The number of halogens is 1. The summed E-state index contributed by atoms with van der Waals surface area (Å²) in [5, 5.41) is 2.74. The quantitative estimate of drug-likeness (QED) is 0.757. The van der Waals surface area contributed by atoms with Crippen LogP contribution >= 0.6 is 22.9 Å². The Balaban J connectivity index is 2.06. The van der Waals surface area contributed by atoms with E-state index in [0.29, 0.717) is 0 Å². The minimum absolute atomic E-state index is 0.343. The second-order valence-corrected chi connectivity index (χ2v) is 7.04. The highest BCUT2D eigenvalue weighted by Crippen LogP contribution is 2.37. The standard InChI is InChI=1S/C13H15BClNO2S/c1-12(2)13(3,4)18-14(17-12)8-7-19-11-9(15)5-6-16-10(8)11/h5-7H,1-4H3. The van der Waals surface area contributed by atoms with E-state index in [4.69, 9.17) is 20.9 Å². The molecule has 3 nitrogen and oxygen atoms in total. The van der Waals surface area contributed by atoms with Gasteiger partial charge in [0.25, 0.3) is 0 Å². The van der Waals surface area contributed by atoms with E-state index in [1.807, 2.05) is 33.1 Å². The predicted octanol–water partition coefficient (Wildman–Crippen LogP) is 3.25. The van der Waals surface area contributed by atoms with Crippen molar-refractivity contribution in [1.29, 1.82) is 0 Å². The van der Waals surface area contributed by atoms with Gasteiger partial charge in [-0.05, 0) is 39.1 Å². The van der Waals surface area contributed by atoms with E-state index in [-0.39, 0.29) is 18.3 Å². The van der Waals surface area contributed by atoms with Crippen LogP contribution in [0.3, 0.4) is 0 Å². The highest BCUT2D eigenvalue weighted by Gasteiger charge is 2.52. The van der Waals surface area contributed by atoms with E-state index in [2.05, 4.69) is 4.98 Å². The molecule has 0 atom stereocenters. The summed E-state index contributed by atoms with van der Waals surface area (Å²) in [6, 6.07) is 1.80. The minimum Gasteiger partial charge on any atom is -0.399 e. The van der Waals surface area contributed by atoms with Crippen LogP contribution < -0.4 is 5.46 Å². The van der Waals surface area contributed by atoms with E-state index in [1.165, 1.54) is 0 Å². The summed E-state index contributed by atoms with van der Waals surface area (Å²) in [5.74, 6) is 0. The van der Waals surface area contributed by atoms with Gasteiger partial charge in [-0.3, -0.25) is 4.98 Å². The van der Waals surface area contributed by atoms with Crippen molar-refractivity contribution in [3.8, 4) is 0 Å². The van der Waals surface area contributed by atoms with Gasteiger partial charge in [0.05, 0.1) is 26.4 Å². The van der Waals surface area contributed by atoms with Gasteiger partial charge >= 0.3 is 7.12 Å². The number of pyridine rings is 1. The first-order valence-electron chi connectivity index (χ1n) is 6.19. The van der Waals surface area contributed by atoms with Gasteiger partial charge < -0.3 is 9.31 Å². The number of thiophene rings is 1. The summed E-state index contributed by atoms with van der Waals surface area (Å²) in [6.45, 7) is 8.17. The lowest BCUT2D eigenvalue weighted by molar-refractivity contribution is 0.00578. The van der Waals surface area contributed by atoms with Crippen molar-refractivity contribution < 1.29 is 9.31 Å². The Labute approximate surface area is 122 Å². The van der Waals surface area contributed by atoms with Crippen molar-refractivity contribution in [2.75, 3.05) is 0 Å². The first-order valence-corrected chi connectivity index (χ1v) is 7.45. The molecule has 0 saturated carbocycles. The second kappa shape index (κ2) is 4.19. The van der Waals surface area contributed by atoms with Gasteiger partial charge in [0, 0.05) is 11.7 Å². The zero-order valence-corrected chi connectivity index (χ0v) is 12.9. The number of hydrogen-bond donors (Lipinski definition) is 0. The third-order valence-corrected chi connectivity index (χ3v) is 5.39. The van der Waals surface area contributed by atoms with Crippen molar-refractivity contribution >= 4 is 45.7 Å². The smallest absolute Gasteiger partial charge is 0.399 e. The fourth-order valence-corrected chi connectivity index (χ4v) is 3.27. The first-order chi connectivity index (χ1) is 8.82. The second-order valence-electron chi connectivity index (χ2n) is 5.75. The highest BCUT2D eigenvalue weighted by molar-refractivity contribution is 7.19. The number of rotatable bonds is 1. The van der Waals surface area contributed by atoms with E-state index < -0.39 is 0 Å². The molecular formula is C13H15BClNO2S. The average molecular weight is 296 g/mol. The monoisotopic (exact) mass is 295 g/mol. The number of nitrogens with zero attached hydrogens (tertiary/aromatic N) is 1. The summed E-state index contributed by atoms with van der Waals surface area (Å²) in [4.78, 5) is 4.41. The van der Waals surface area contributed by atoms with Crippen LogP contribution in [-0.4, -0.2) is 23.3 Å². The molecule has 0 spiro atoms. The van der Waals surface area contributed by atoms with E-state index in [1.54, 1.807) is 23.6 Å². The van der Waals surface area contributed by atoms with E-state index >= 15 is 0 Å². The summed E-state index contributed by atoms with van der Waals surface area (Å²) in [7, 11) is -0.385. The molecule has 0 N–H and O–H groups in total. The van der Waals surface area contributed by atoms with E-state index in [9.17, 15) is 0 Å². The maximum atomic E-state index is 6.18. The number of fused-ring (bicyclic) bond motifs is 1. The summed E-state index contributed by atoms with van der Waals surface area (Å²) >= 11 is 7.75. The molecule has 1 aliphatic rings. The van der Waals surface area contributed by atoms with Crippen LogP contribution in [0.2, 0.25) is 5.02 Å². The summed E-state index contributed by atoms with van der Waals surface area (Å²) < 4.78 is 13.1. The van der Waals surface area contributed by atoms with Gasteiger partial charge in [-0.2, -0.15) is 0 Å². The van der Waals surface area contributed by atoms with Gasteiger partial charge in [-0.1, -0.05) is 11.6 Å². The van der Waals surface area contributed by atoms with Gasteiger partial charge in [0.1, 0.15) is 0 Å². The normalized spacial score (nSPS) is 21.2. The van der Waals surface area contributed by atoms with Crippen molar-refractivity contribution in [3.05, 3.63) is 22.7 Å². The van der Waals surface area contributed by atoms with Crippen LogP contribution in [0.5, 0.6) is 0 Å². The van der Waals surface area contributed by atoms with Crippen molar-refractivity contribution in [1.82, 2.24) is 4.98 Å². The Hall–Kier alpha value is -0.615. The maximum absolute atomic E-state index is 6.18. The minimum atomic E-state index is -0.385. The predicted molar refractivity (Wildman–Crippen MR) is 80.3 cm³/mol. The molecule has 19 heavy (non-hydrogen) atoms. The molecule has 6 heteroatoms. The lowest BCUT2D eigenvalue weighted by atomic mass is 9.80. The van der Waals surface area contributed by atoms with Gasteiger partial charge in [-0.15, -0.1) is 11.3 Å². The third-order valence-electron chi connectivity index (χ3n) is 3.94.